The second-order valence-electron chi connectivity index (χ2n) is 4.33. The van der Waals surface area contributed by atoms with E-state index in [1.165, 1.54) is 12.1 Å². The van der Waals surface area contributed by atoms with Crippen molar-refractivity contribution in [2.75, 3.05) is 5.43 Å². The summed E-state index contributed by atoms with van der Waals surface area (Å²) in [6.45, 7) is 0. The highest BCUT2D eigenvalue weighted by Gasteiger charge is 2.09. The predicted octanol–water partition coefficient (Wildman–Crippen LogP) is 3.44. The first-order valence-electron chi connectivity index (χ1n) is 6.10. The first kappa shape index (κ1) is 12.1. The molecule has 0 atom stereocenters. The van der Waals surface area contributed by atoms with Crippen LogP contribution in [-0.2, 0) is 0 Å². The number of rotatable bonds is 2. The Morgan fingerprint density at radius 2 is 1.75 bits per heavy atom. The van der Waals surface area contributed by atoms with Crippen molar-refractivity contribution in [1.29, 1.82) is 0 Å². The summed E-state index contributed by atoms with van der Waals surface area (Å²) < 4.78 is 0. The lowest BCUT2D eigenvalue weighted by Gasteiger charge is -2.03. The van der Waals surface area contributed by atoms with Gasteiger partial charge in [0.05, 0.1) is 16.3 Å². The number of benzene rings is 2. The Bertz CT molecular complexity index is 718. The lowest BCUT2D eigenvalue weighted by molar-refractivity contribution is -0.384. The molecule has 0 unspecified atom stereocenters. The van der Waals surface area contributed by atoms with Crippen molar-refractivity contribution >= 4 is 23.2 Å². The summed E-state index contributed by atoms with van der Waals surface area (Å²) in [5.41, 5.74) is 6.61. The van der Waals surface area contributed by atoms with Crippen molar-refractivity contribution in [2.45, 2.75) is 0 Å². The van der Waals surface area contributed by atoms with E-state index in [1.54, 1.807) is 12.1 Å². The summed E-state index contributed by atoms with van der Waals surface area (Å²) in [7, 11) is 0. The van der Waals surface area contributed by atoms with Gasteiger partial charge in [0.15, 0.2) is 0 Å². The first-order valence-corrected chi connectivity index (χ1v) is 6.10. The van der Waals surface area contributed by atoms with Crippen LogP contribution in [-0.4, -0.2) is 10.6 Å². The molecule has 1 N–H and O–H groups in total. The van der Waals surface area contributed by atoms with Crippen LogP contribution in [0, 0.1) is 10.1 Å². The first-order chi connectivity index (χ1) is 9.74. The molecule has 5 nitrogen and oxygen atoms in total. The minimum atomic E-state index is -0.414. The normalized spacial score (nSPS) is 12.9. The average Bonchev–Trinajstić information content (AvgIpc) is 2.70. The van der Waals surface area contributed by atoms with Crippen LogP contribution in [0.2, 0.25) is 0 Å². The molecule has 3 rings (SSSR count). The summed E-state index contributed by atoms with van der Waals surface area (Å²) in [6, 6.07) is 14.2. The average molecular weight is 265 g/mol. The standard InChI is InChI=1S/C15H11N3O2/c19-18(20)13-8-5-12(6-9-13)15-10-7-11-3-1-2-4-14(11)16-17-15/h1-10,16H. The van der Waals surface area contributed by atoms with Crippen molar-refractivity contribution in [2.24, 2.45) is 5.10 Å². The van der Waals surface area contributed by atoms with Crippen molar-refractivity contribution in [1.82, 2.24) is 0 Å². The highest BCUT2D eigenvalue weighted by molar-refractivity contribution is 6.12. The highest BCUT2D eigenvalue weighted by Crippen LogP contribution is 2.21. The molecule has 2 aromatic rings. The van der Waals surface area contributed by atoms with Crippen LogP contribution in [0.4, 0.5) is 11.4 Å². The number of nitrogens with one attached hydrogen (secondary N) is 1. The Morgan fingerprint density at radius 3 is 2.50 bits per heavy atom. The second kappa shape index (κ2) is 4.97. The smallest absolute Gasteiger partial charge is 0.269 e. The van der Waals surface area contributed by atoms with E-state index in [0.717, 1.165) is 22.5 Å². The highest BCUT2D eigenvalue weighted by atomic mass is 16.6. The molecule has 0 aromatic heterocycles. The molecule has 1 aliphatic rings. The molecule has 0 bridgehead atoms. The fraction of sp³-hybridized carbons (Fsp3) is 0. The van der Waals surface area contributed by atoms with Crippen molar-refractivity contribution in [3.63, 3.8) is 0 Å². The minimum Gasteiger partial charge on any atom is -0.277 e. The molecule has 0 saturated carbocycles. The van der Waals surface area contributed by atoms with Crippen molar-refractivity contribution in [3.05, 3.63) is 75.8 Å². The number of nitrogens with zero attached hydrogens (tertiary/aromatic N) is 2. The molecule has 2 aromatic carbocycles. The van der Waals surface area contributed by atoms with Gasteiger partial charge >= 0.3 is 0 Å². The van der Waals surface area contributed by atoms with E-state index in [9.17, 15) is 10.1 Å². The lowest BCUT2D eigenvalue weighted by atomic mass is 10.1. The van der Waals surface area contributed by atoms with Crippen LogP contribution < -0.4 is 5.43 Å². The lowest BCUT2D eigenvalue weighted by Crippen LogP contribution is -2.00. The van der Waals surface area contributed by atoms with E-state index in [-0.39, 0.29) is 5.69 Å². The van der Waals surface area contributed by atoms with E-state index in [4.69, 9.17) is 0 Å². The molecule has 20 heavy (non-hydrogen) atoms. The summed E-state index contributed by atoms with van der Waals surface area (Å²) >= 11 is 0. The Labute approximate surface area is 115 Å². The van der Waals surface area contributed by atoms with Crippen molar-refractivity contribution < 1.29 is 4.92 Å². The number of hydrogen-bond donors (Lipinski definition) is 1. The Balaban J connectivity index is 1.92. The fourth-order valence-corrected chi connectivity index (χ4v) is 1.99. The molecule has 0 spiro atoms. The van der Waals surface area contributed by atoms with Crippen molar-refractivity contribution in [3.8, 4) is 0 Å². The molecule has 0 fully saturated rings. The van der Waals surface area contributed by atoms with Gasteiger partial charge in [-0.1, -0.05) is 24.3 Å². The summed E-state index contributed by atoms with van der Waals surface area (Å²) in [5, 5.41) is 15.0. The summed E-state index contributed by atoms with van der Waals surface area (Å²) in [5.74, 6) is 0. The van der Waals surface area contributed by atoms with E-state index in [2.05, 4.69) is 10.5 Å². The maximum Gasteiger partial charge on any atom is 0.269 e. The van der Waals surface area contributed by atoms with Gasteiger partial charge in [-0.15, -0.1) is 0 Å². The van der Waals surface area contributed by atoms with Crippen LogP contribution in [0.3, 0.4) is 0 Å². The molecular weight excluding hydrogens is 254 g/mol. The molecule has 0 amide bonds. The Hall–Kier alpha value is -2.95. The minimum absolute atomic E-state index is 0.0724. The zero-order chi connectivity index (χ0) is 13.9. The third-order valence-corrected chi connectivity index (χ3v) is 3.05. The monoisotopic (exact) mass is 265 g/mol. The number of allylic oxidation sites excluding steroid dienone is 1. The van der Waals surface area contributed by atoms with E-state index >= 15 is 0 Å². The molecule has 0 saturated heterocycles. The number of fused-ring (bicyclic) bond motifs is 1. The Kier molecular flexibility index (Phi) is 3.01. The molecule has 98 valence electrons. The largest absolute Gasteiger partial charge is 0.277 e. The molecule has 0 aliphatic carbocycles. The number of para-hydroxylation sites is 1. The van der Waals surface area contributed by atoms with Crippen LogP contribution in [0.5, 0.6) is 0 Å². The van der Waals surface area contributed by atoms with Gasteiger partial charge in [0, 0.05) is 17.7 Å². The van der Waals surface area contributed by atoms with Crippen LogP contribution >= 0.6 is 0 Å². The second-order valence-corrected chi connectivity index (χ2v) is 4.33. The quantitative estimate of drug-likeness (QED) is 0.668. The predicted molar refractivity (Wildman–Crippen MR) is 78.7 cm³/mol. The number of non-ortho nitro benzene ring substituents is 1. The summed E-state index contributed by atoms with van der Waals surface area (Å²) in [4.78, 5) is 10.2. The van der Waals surface area contributed by atoms with Crippen LogP contribution in [0.1, 0.15) is 11.1 Å². The number of anilines is 1. The van der Waals surface area contributed by atoms with Gasteiger partial charge < -0.3 is 0 Å². The molecule has 1 aliphatic heterocycles. The van der Waals surface area contributed by atoms with Crippen LogP contribution in [0.15, 0.2) is 59.7 Å². The number of nitro groups is 1. The van der Waals surface area contributed by atoms with Gasteiger partial charge in [-0.2, -0.15) is 5.10 Å². The van der Waals surface area contributed by atoms with E-state index in [1.807, 2.05) is 36.4 Å². The van der Waals surface area contributed by atoms with Gasteiger partial charge in [-0.3, -0.25) is 15.5 Å². The van der Waals surface area contributed by atoms with Gasteiger partial charge in [0.2, 0.25) is 0 Å². The van der Waals surface area contributed by atoms with Gasteiger partial charge in [-0.25, -0.2) is 0 Å². The third kappa shape index (κ3) is 2.29. The topological polar surface area (TPSA) is 67.5 Å². The van der Waals surface area contributed by atoms with Gasteiger partial charge in [-0.05, 0) is 29.8 Å². The van der Waals surface area contributed by atoms with Gasteiger partial charge in [0.1, 0.15) is 0 Å². The zero-order valence-corrected chi connectivity index (χ0v) is 10.5. The van der Waals surface area contributed by atoms with Gasteiger partial charge in [0.25, 0.3) is 5.69 Å². The SMILES string of the molecule is O=[N+]([O-])c1ccc(C2=NNc3ccccc3C=C2)cc1. The number of hydrogen-bond acceptors (Lipinski definition) is 4. The Morgan fingerprint density at radius 1 is 1.00 bits per heavy atom. The molecule has 5 heteroatoms. The molecule has 0 radical (unpaired) electrons. The fourth-order valence-electron chi connectivity index (χ4n) is 1.99. The number of nitro benzene ring substituents is 1. The van der Waals surface area contributed by atoms with Crippen LogP contribution in [0.25, 0.3) is 6.08 Å². The molecular formula is C15H11N3O2. The number of hydrazone groups is 1. The zero-order valence-electron chi connectivity index (χ0n) is 10.5. The maximum atomic E-state index is 10.6. The molecule has 1 heterocycles. The van der Waals surface area contributed by atoms with E-state index < -0.39 is 4.92 Å². The van der Waals surface area contributed by atoms with E-state index in [0.29, 0.717) is 0 Å². The maximum absolute atomic E-state index is 10.6. The third-order valence-electron chi connectivity index (χ3n) is 3.05. The summed E-state index contributed by atoms with van der Waals surface area (Å²) in [6.07, 6.45) is 3.86.